The molecule has 0 amide bonds. The zero-order chi connectivity index (χ0) is 14.8. The van der Waals surface area contributed by atoms with Crippen LogP contribution >= 0.6 is 11.6 Å². The number of benzene rings is 1. The average Bonchev–Trinajstić information content (AvgIpc) is 2.36. The van der Waals surface area contributed by atoms with Gasteiger partial charge in [-0.2, -0.15) is 0 Å². The van der Waals surface area contributed by atoms with Crippen molar-refractivity contribution in [1.29, 1.82) is 0 Å². The lowest BCUT2D eigenvalue weighted by atomic mass is 10.0. The molecule has 0 saturated heterocycles. The van der Waals surface area contributed by atoms with Gasteiger partial charge in [0.2, 0.25) is 0 Å². The zero-order valence-electron chi connectivity index (χ0n) is 9.82. The van der Waals surface area contributed by atoms with Crippen LogP contribution in [-0.2, 0) is 0 Å². The number of ether oxygens (including phenoxy) is 1. The van der Waals surface area contributed by atoms with Crippen LogP contribution in [0.4, 0.5) is 13.2 Å². The molecule has 0 aliphatic rings. The third-order valence-electron chi connectivity index (χ3n) is 2.31. The van der Waals surface area contributed by atoms with Gasteiger partial charge in [-0.1, -0.05) is 11.6 Å². The van der Waals surface area contributed by atoms with Gasteiger partial charge in [0, 0.05) is 28.5 Å². The Kier molecular flexibility index (Phi) is 3.94. The molecule has 1 aromatic carbocycles. The maximum Gasteiger partial charge on any atom is 0.573 e. The minimum absolute atomic E-state index is 0.00273. The van der Waals surface area contributed by atoms with Crippen LogP contribution in [0, 0.1) is 0 Å². The summed E-state index contributed by atoms with van der Waals surface area (Å²) in [6.45, 7) is 0. The second-order valence-corrected chi connectivity index (χ2v) is 4.22. The van der Waals surface area contributed by atoms with Crippen molar-refractivity contribution in [3.63, 3.8) is 0 Å². The van der Waals surface area contributed by atoms with Gasteiger partial charge in [0.25, 0.3) is 0 Å². The second-order valence-electron chi connectivity index (χ2n) is 3.79. The molecule has 2 aromatic rings. The van der Waals surface area contributed by atoms with E-state index in [2.05, 4.69) is 9.72 Å². The summed E-state index contributed by atoms with van der Waals surface area (Å²) in [7, 11) is 0. The minimum Gasteiger partial charge on any atom is -0.406 e. The summed E-state index contributed by atoms with van der Waals surface area (Å²) in [6, 6.07) is 6.15. The minimum atomic E-state index is -4.85. The third kappa shape index (κ3) is 3.71. The summed E-state index contributed by atoms with van der Waals surface area (Å²) in [5.41, 5.74) is 0.295. The van der Waals surface area contributed by atoms with Crippen LogP contribution in [-0.4, -0.2) is 17.1 Å². The Morgan fingerprint density at radius 3 is 2.35 bits per heavy atom. The van der Waals surface area contributed by atoms with Gasteiger partial charge in [0.05, 0.1) is 0 Å². The highest BCUT2D eigenvalue weighted by molar-refractivity contribution is 6.31. The van der Waals surface area contributed by atoms with E-state index in [0.29, 0.717) is 5.56 Å². The number of nitrogens with zero attached hydrogens (tertiary/aromatic N) is 1. The van der Waals surface area contributed by atoms with E-state index in [4.69, 9.17) is 11.6 Å². The maximum absolute atomic E-state index is 12.2. The molecular formula is C13H7ClF3NO2. The predicted octanol–water partition coefficient (Wildman–Crippen LogP) is 3.86. The fourth-order valence-electron chi connectivity index (χ4n) is 1.56. The smallest absolute Gasteiger partial charge is 0.406 e. The molecule has 0 bridgehead atoms. The first kappa shape index (κ1) is 14.3. The molecule has 0 unspecified atom stereocenters. The van der Waals surface area contributed by atoms with Gasteiger partial charge in [0.15, 0.2) is 5.78 Å². The van der Waals surface area contributed by atoms with E-state index in [9.17, 15) is 18.0 Å². The average molecular weight is 302 g/mol. The molecule has 3 nitrogen and oxygen atoms in total. The largest absolute Gasteiger partial charge is 0.573 e. The van der Waals surface area contributed by atoms with E-state index in [1.54, 1.807) is 0 Å². The molecule has 0 aliphatic heterocycles. The summed E-state index contributed by atoms with van der Waals surface area (Å²) >= 11 is 5.70. The van der Waals surface area contributed by atoms with Crippen molar-refractivity contribution in [3.05, 3.63) is 58.9 Å². The lowest BCUT2D eigenvalue weighted by Crippen LogP contribution is -2.17. The van der Waals surface area contributed by atoms with Crippen LogP contribution in [0.1, 0.15) is 15.9 Å². The number of carbonyl (C=O) groups is 1. The topological polar surface area (TPSA) is 39.2 Å². The van der Waals surface area contributed by atoms with Crippen LogP contribution in [0.5, 0.6) is 5.75 Å². The number of alkyl halides is 3. The Morgan fingerprint density at radius 1 is 1.10 bits per heavy atom. The van der Waals surface area contributed by atoms with Crippen LogP contribution in [0.25, 0.3) is 0 Å². The van der Waals surface area contributed by atoms with Crippen LogP contribution in [0.2, 0.25) is 5.02 Å². The molecule has 1 aromatic heterocycles. The van der Waals surface area contributed by atoms with Crippen LogP contribution in [0.3, 0.4) is 0 Å². The van der Waals surface area contributed by atoms with Crippen molar-refractivity contribution >= 4 is 17.4 Å². The number of rotatable bonds is 3. The Bertz CT molecular complexity index is 629. The van der Waals surface area contributed by atoms with Crippen molar-refractivity contribution in [2.75, 3.05) is 0 Å². The molecule has 0 fully saturated rings. The highest BCUT2D eigenvalue weighted by Crippen LogP contribution is 2.27. The molecule has 2 rings (SSSR count). The van der Waals surface area contributed by atoms with Gasteiger partial charge in [-0.3, -0.25) is 9.78 Å². The first-order chi connectivity index (χ1) is 9.35. The normalized spacial score (nSPS) is 11.2. The Balaban J connectivity index is 2.35. The first-order valence-corrected chi connectivity index (χ1v) is 5.74. The summed E-state index contributed by atoms with van der Waals surface area (Å²) < 4.78 is 40.3. The summed E-state index contributed by atoms with van der Waals surface area (Å²) in [6.07, 6.45) is -2.03. The Hall–Kier alpha value is -2.08. The van der Waals surface area contributed by atoms with Crippen LogP contribution in [0.15, 0.2) is 42.7 Å². The number of aromatic nitrogens is 1. The number of carbonyl (C=O) groups excluding carboxylic acids is 1. The van der Waals surface area contributed by atoms with E-state index in [1.807, 2.05) is 0 Å². The molecule has 0 saturated carbocycles. The highest BCUT2D eigenvalue weighted by atomic mass is 35.5. The predicted molar refractivity (Wildman–Crippen MR) is 65.8 cm³/mol. The zero-order valence-corrected chi connectivity index (χ0v) is 10.6. The maximum atomic E-state index is 12.2. The third-order valence-corrected chi connectivity index (χ3v) is 2.53. The van der Waals surface area contributed by atoms with Crippen molar-refractivity contribution in [2.45, 2.75) is 6.36 Å². The van der Waals surface area contributed by atoms with Crippen molar-refractivity contribution in [1.82, 2.24) is 4.98 Å². The Labute approximate surface area is 117 Å². The van der Waals surface area contributed by atoms with Crippen molar-refractivity contribution in [3.8, 4) is 5.75 Å². The number of pyridine rings is 1. The number of hydrogen-bond acceptors (Lipinski definition) is 3. The molecule has 0 aliphatic carbocycles. The summed E-state index contributed by atoms with van der Waals surface area (Å²) in [5.74, 6) is -1.01. The highest BCUT2D eigenvalue weighted by Gasteiger charge is 2.31. The van der Waals surface area contributed by atoms with E-state index in [0.717, 1.165) is 12.1 Å². The molecular weight excluding hydrogens is 295 g/mol. The number of ketones is 1. The molecule has 7 heteroatoms. The second kappa shape index (κ2) is 5.50. The summed E-state index contributed by atoms with van der Waals surface area (Å²) in [5, 5.41) is -0.0239. The van der Waals surface area contributed by atoms with Gasteiger partial charge in [0.1, 0.15) is 5.75 Å². The van der Waals surface area contributed by atoms with Crippen molar-refractivity contribution < 1.29 is 22.7 Å². The lowest BCUT2D eigenvalue weighted by molar-refractivity contribution is -0.274. The SMILES string of the molecule is O=C(c1ccncc1)c1cc(Cl)cc(OC(F)(F)F)c1. The van der Waals surface area contributed by atoms with E-state index < -0.39 is 17.9 Å². The van der Waals surface area contributed by atoms with Gasteiger partial charge < -0.3 is 4.74 Å². The van der Waals surface area contributed by atoms with Crippen LogP contribution < -0.4 is 4.74 Å². The van der Waals surface area contributed by atoms with Gasteiger partial charge in [-0.05, 0) is 30.3 Å². The van der Waals surface area contributed by atoms with Gasteiger partial charge in [-0.15, -0.1) is 13.2 Å². The fraction of sp³-hybridized carbons (Fsp3) is 0.0769. The number of halogens is 4. The molecule has 0 radical (unpaired) electrons. The fourth-order valence-corrected chi connectivity index (χ4v) is 1.78. The van der Waals surface area contributed by atoms with Crippen molar-refractivity contribution in [2.24, 2.45) is 0 Å². The molecule has 0 atom stereocenters. The molecule has 104 valence electrons. The lowest BCUT2D eigenvalue weighted by Gasteiger charge is -2.10. The van der Waals surface area contributed by atoms with E-state index >= 15 is 0 Å². The monoisotopic (exact) mass is 301 g/mol. The molecule has 0 spiro atoms. The Morgan fingerprint density at radius 2 is 1.75 bits per heavy atom. The number of hydrogen-bond donors (Lipinski definition) is 0. The molecule has 1 heterocycles. The standard InChI is InChI=1S/C13H7ClF3NO2/c14-10-5-9(6-11(7-10)20-13(15,16)17)12(19)8-1-3-18-4-2-8/h1-7H. The quantitative estimate of drug-likeness (QED) is 0.808. The first-order valence-electron chi connectivity index (χ1n) is 5.36. The van der Waals surface area contributed by atoms with Gasteiger partial charge in [-0.25, -0.2) is 0 Å². The van der Waals surface area contributed by atoms with E-state index in [-0.39, 0.29) is 10.6 Å². The van der Waals surface area contributed by atoms with Gasteiger partial charge >= 0.3 is 6.36 Å². The van der Waals surface area contributed by atoms with E-state index in [1.165, 1.54) is 30.6 Å². The molecule has 0 N–H and O–H groups in total. The molecule has 20 heavy (non-hydrogen) atoms. The summed E-state index contributed by atoms with van der Waals surface area (Å²) in [4.78, 5) is 15.8.